The van der Waals surface area contributed by atoms with Gasteiger partial charge >= 0.3 is 5.97 Å². The van der Waals surface area contributed by atoms with Crippen LogP contribution in [-0.2, 0) is 0 Å². The summed E-state index contributed by atoms with van der Waals surface area (Å²) in [4.78, 5) is 23.3. The van der Waals surface area contributed by atoms with Gasteiger partial charge in [0, 0.05) is 12.1 Å². The fraction of sp³-hybridized carbons (Fsp3) is 0.143. The molecule has 1 heterocycles. The summed E-state index contributed by atoms with van der Waals surface area (Å²) in [7, 11) is 1.36. The summed E-state index contributed by atoms with van der Waals surface area (Å²) < 4.78 is 4.70. The van der Waals surface area contributed by atoms with Crippen LogP contribution in [0.15, 0.2) is 16.9 Å². The first kappa shape index (κ1) is 8.32. The lowest BCUT2D eigenvalue weighted by molar-refractivity contribution is 0.0689. The molecule has 2 N–H and O–H groups in total. The quantitative estimate of drug-likeness (QED) is 0.657. The second kappa shape index (κ2) is 3.08. The Hall–Kier alpha value is -1.78. The summed E-state index contributed by atoms with van der Waals surface area (Å²) in [5, 5.41) is 8.50. The molecule has 0 aliphatic carbocycles. The first-order valence-corrected chi connectivity index (χ1v) is 3.15. The number of pyridine rings is 1. The number of hydrogen-bond donors (Lipinski definition) is 2. The second-order valence-electron chi connectivity index (χ2n) is 2.10. The maximum absolute atomic E-state index is 10.8. The zero-order valence-electron chi connectivity index (χ0n) is 6.33. The number of nitrogens with one attached hydrogen (secondary N) is 1. The van der Waals surface area contributed by atoms with Gasteiger partial charge in [-0.05, 0) is 0 Å². The predicted molar refractivity (Wildman–Crippen MR) is 40.6 cm³/mol. The highest BCUT2D eigenvalue weighted by atomic mass is 16.5. The number of aromatic carboxylic acids is 1. The standard InChI is InChI=1S/C7H7NO4/c1-12-4-2-5(7(10)11)8-6(9)3-4/h2-3H,1H3,(H,8,9)(H,10,11). The van der Waals surface area contributed by atoms with Crippen molar-refractivity contribution in [3.05, 3.63) is 28.2 Å². The van der Waals surface area contributed by atoms with E-state index in [-0.39, 0.29) is 11.4 Å². The minimum atomic E-state index is -1.19. The number of ether oxygens (including phenoxy) is 1. The lowest BCUT2D eigenvalue weighted by Gasteiger charge is -1.98. The average molecular weight is 169 g/mol. The van der Waals surface area contributed by atoms with Crippen LogP contribution in [0.1, 0.15) is 10.5 Å². The van der Waals surface area contributed by atoms with Crippen LogP contribution in [-0.4, -0.2) is 23.2 Å². The lowest BCUT2D eigenvalue weighted by Crippen LogP contribution is -2.11. The summed E-state index contributed by atoms with van der Waals surface area (Å²) in [5.41, 5.74) is -0.675. The third kappa shape index (κ3) is 1.63. The van der Waals surface area contributed by atoms with Crippen molar-refractivity contribution in [3.63, 3.8) is 0 Å². The third-order valence-corrected chi connectivity index (χ3v) is 1.28. The summed E-state index contributed by atoms with van der Waals surface area (Å²) in [5.74, 6) is -0.956. The van der Waals surface area contributed by atoms with Gasteiger partial charge in [-0.2, -0.15) is 0 Å². The largest absolute Gasteiger partial charge is 0.496 e. The number of carboxylic acid groups (broad SMARTS) is 1. The minimum absolute atomic E-state index is 0.181. The molecular weight excluding hydrogens is 162 g/mol. The Kier molecular flexibility index (Phi) is 2.14. The van der Waals surface area contributed by atoms with Crippen molar-refractivity contribution >= 4 is 5.97 Å². The summed E-state index contributed by atoms with van der Waals surface area (Å²) in [6, 6.07) is 2.41. The molecule has 0 amide bonds. The van der Waals surface area contributed by atoms with Gasteiger partial charge in [0.25, 0.3) is 5.56 Å². The molecule has 0 aliphatic heterocycles. The number of rotatable bonds is 2. The van der Waals surface area contributed by atoms with Gasteiger partial charge < -0.3 is 14.8 Å². The molecule has 0 unspecified atom stereocenters. The molecule has 64 valence electrons. The summed E-state index contributed by atoms with van der Waals surface area (Å²) in [6.45, 7) is 0. The van der Waals surface area contributed by atoms with Crippen molar-refractivity contribution < 1.29 is 14.6 Å². The average Bonchev–Trinajstić information content (AvgIpc) is 2.03. The molecule has 0 aromatic carbocycles. The van der Waals surface area contributed by atoms with Crippen molar-refractivity contribution in [2.45, 2.75) is 0 Å². The van der Waals surface area contributed by atoms with E-state index in [4.69, 9.17) is 9.84 Å². The Morgan fingerprint density at radius 2 is 2.25 bits per heavy atom. The fourth-order valence-electron chi connectivity index (χ4n) is 0.751. The van der Waals surface area contributed by atoms with Crippen LogP contribution in [0.2, 0.25) is 0 Å². The van der Waals surface area contributed by atoms with E-state index in [1.807, 2.05) is 0 Å². The van der Waals surface area contributed by atoms with E-state index in [2.05, 4.69) is 4.98 Å². The second-order valence-corrected chi connectivity index (χ2v) is 2.10. The van der Waals surface area contributed by atoms with E-state index in [0.717, 1.165) is 0 Å². The van der Waals surface area contributed by atoms with Crippen LogP contribution in [0.4, 0.5) is 0 Å². The monoisotopic (exact) mass is 169 g/mol. The van der Waals surface area contributed by atoms with Gasteiger partial charge in [-0.25, -0.2) is 4.79 Å². The first-order chi connectivity index (χ1) is 5.63. The lowest BCUT2D eigenvalue weighted by atomic mass is 10.3. The maximum Gasteiger partial charge on any atom is 0.352 e. The maximum atomic E-state index is 10.8. The zero-order valence-corrected chi connectivity index (χ0v) is 6.33. The van der Waals surface area contributed by atoms with Crippen LogP contribution in [0.3, 0.4) is 0 Å². The normalized spacial score (nSPS) is 9.42. The van der Waals surface area contributed by atoms with Crippen LogP contribution in [0.5, 0.6) is 5.75 Å². The van der Waals surface area contributed by atoms with Crippen molar-refractivity contribution in [3.8, 4) is 5.75 Å². The Bertz CT molecular complexity index is 355. The van der Waals surface area contributed by atoms with E-state index < -0.39 is 11.5 Å². The van der Waals surface area contributed by atoms with Gasteiger partial charge in [0.2, 0.25) is 0 Å². The number of hydrogen-bond acceptors (Lipinski definition) is 3. The molecule has 0 bridgehead atoms. The SMILES string of the molecule is COc1cc(C(=O)O)[nH]c(=O)c1. The Labute approximate surface area is 67.6 Å². The molecule has 0 atom stereocenters. The van der Waals surface area contributed by atoms with Crippen LogP contribution in [0.25, 0.3) is 0 Å². The first-order valence-electron chi connectivity index (χ1n) is 3.15. The van der Waals surface area contributed by atoms with E-state index >= 15 is 0 Å². The highest BCUT2D eigenvalue weighted by molar-refractivity contribution is 5.85. The predicted octanol–water partition coefficient (Wildman–Crippen LogP) is 0.0817. The van der Waals surface area contributed by atoms with Crippen molar-refractivity contribution in [2.75, 3.05) is 7.11 Å². The molecule has 0 fully saturated rings. The van der Waals surface area contributed by atoms with Crippen LogP contribution >= 0.6 is 0 Å². The highest BCUT2D eigenvalue weighted by Gasteiger charge is 2.05. The van der Waals surface area contributed by atoms with E-state index in [0.29, 0.717) is 0 Å². The van der Waals surface area contributed by atoms with Crippen LogP contribution < -0.4 is 10.3 Å². The molecule has 0 aliphatic rings. The number of methoxy groups -OCH3 is 1. The van der Waals surface area contributed by atoms with Gasteiger partial charge in [0.1, 0.15) is 11.4 Å². The van der Waals surface area contributed by atoms with E-state index in [1.165, 1.54) is 19.2 Å². The van der Waals surface area contributed by atoms with E-state index in [9.17, 15) is 9.59 Å². The number of H-pyrrole nitrogens is 1. The highest BCUT2D eigenvalue weighted by Crippen LogP contribution is 2.06. The summed E-state index contributed by atoms with van der Waals surface area (Å²) >= 11 is 0. The number of aromatic amines is 1. The molecule has 12 heavy (non-hydrogen) atoms. The zero-order chi connectivity index (χ0) is 9.14. The molecule has 5 nitrogen and oxygen atoms in total. The Balaban J connectivity index is 3.24. The van der Waals surface area contributed by atoms with Gasteiger partial charge in [-0.3, -0.25) is 4.79 Å². The molecule has 1 aromatic rings. The van der Waals surface area contributed by atoms with Crippen molar-refractivity contribution in [2.24, 2.45) is 0 Å². The molecular formula is C7H7NO4. The molecule has 0 saturated heterocycles. The molecule has 0 radical (unpaired) electrons. The molecule has 1 aromatic heterocycles. The van der Waals surface area contributed by atoms with Crippen molar-refractivity contribution in [1.82, 2.24) is 4.98 Å². The third-order valence-electron chi connectivity index (χ3n) is 1.28. The number of carboxylic acids is 1. The molecule has 0 spiro atoms. The topological polar surface area (TPSA) is 79.4 Å². The Morgan fingerprint density at radius 1 is 1.58 bits per heavy atom. The van der Waals surface area contributed by atoms with Gasteiger partial charge in [-0.15, -0.1) is 0 Å². The smallest absolute Gasteiger partial charge is 0.352 e. The van der Waals surface area contributed by atoms with Crippen molar-refractivity contribution in [1.29, 1.82) is 0 Å². The number of carbonyl (C=O) groups is 1. The summed E-state index contributed by atoms with van der Waals surface area (Å²) in [6.07, 6.45) is 0. The van der Waals surface area contributed by atoms with E-state index in [1.54, 1.807) is 0 Å². The number of aromatic nitrogens is 1. The molecule has 5 heteroatoms. The molecule has 0 saturated carbocycles. The molecule has 1 rings (SSSR count). The Morgan fingerprint density at radius 3 is 2.75 bits per heavy atom. The van der Waals surface area contributed by atoms with Gasteiger partial charge in [0.15, 0.2) is 0 Å². The van der Waals surface area contributed by atoms with Gasteiger partial charge in [-0.1, -0.05) is 0 Å². The van der Waals surface area contributed by atoms with Crippen LogP contribution in [0, 0.1) is 0 Å². The van der Waals surface area contributed by atoms with Gasteiger partial charge in [0.05, 0.1) is 7.11 Å². The minimum Gasteiger partial charge on any atom is -0.496 e. The fourth-order valence-corrected chi connectivity index (χ4v) is 0.751.